The Kier molecular flexibility index (Phi) is 11.0. The highest BCUT2D eigenvalue weighted by molar-refractivity contribution is 7.16. The lowest BCUT2D eigenvalue weighted by molar-refractivity contribution is -0.138. The highest BCUT2D eigenvalue weighted by Gasteiger charge is 2.50. The van der Waals surface area contributed by atoms with E-state index < -0.39 is 23.3 Å². The predicted molar refractivity (Wildman–Crippen MR) is 173 cm³/mol. The number of hydrogen-bond acceptors (Lipinski definition) is 9. The van der Waals surface area contributed by atoms with Gasteiger partial charge in [0, 0.05) is 48.2 Å². The van der Waals surface area contributed by atoms with E-state index in [1.54, 1.807) is 53.5 Å². The molecular weight excluding hydrogens is 602 g/mol. The Bertz CT molecular complexity index is 1530. The minimum atomic E-state index is -1.31. The summed E-state index contributed by atoms with van der Waals surface area (Å²) in [6.07, 6.45) is 1.23. The number of nitrogens with zero attached hydrogens (tertiary/aromatic N) is 3. The predicted octanol–water partition coefficient (Wildman–Crippen LogP) is 3.42. The lowest BCUT2D eigenvalue weighted by Crippen LogP contribution is -2.64. The SMILES string of the molecule is CCC1(c2ccccc2)C(=O)NC(=O)NC1=O.CCc1cc2c(s1)N(C)C(=O)CN=C2c1ccccc1Cl.CN1CCNN1. The van der Waals surface area contributed by atoms with Crippen LogP contribution in [-0.2, 0) is 26.2 Å². The molecule has 232 valence electrons. The number of anilines is 1. The smallest absolute Gasteiger partial charge is 0.305 e. The standard InChI is InChI=1S/C16H15ClN2OS.C12H12N2O3.C3H9N3/c1-3-10-8-12-15(11-6-4-5-7-13(11)17)18-9-14(20)19(2)16(12)21-10;1-2-12(8-6-4-3-5-7-8)9(15)13-11(17)14-10(12)16;1-6-3-2-4-5-6/h4-8H,3,9H2,1-2H3;3-7H,2H2,1H3,(H2,13,14,15,16,17);4-5H,2-3H2,1H3. The van der Waals surface area contributed by atoms with E-state index in [1.807, 2.05) is 43.4 Å². The molecule has 2 saturated heterocycles. The number of carbonyl (C=O) groups excluding carboxylic acids is 4. The van der Waals surface area contributed by atoms with Crippen LogP contribution in [0.1, 0.15) is 41.8 Å². The van der Waals surface area contributed by atoms with Crippen LogP contribution in [0.2, 0.25) is 5.02 Å². The summed E-state index contributed by atoms with van der Waals surface area (Å²) >= 11 is 7.96. The Morgan fingerprint density at radius 1 is 0.932 bits per heavy atom. The molecule has 3 aliphatic rings. The van der Waals surface area contributed by atoms with Gasteiger partial charge in [-0.3, -0.25) is 30.0 Å². The molecule has 0 unspecified atom stereocenters. The molecule has 13 heteroatoms. The fraction of sp³-hybridized carbons (Fsp3) is 0.323. The van der Waals surface area contributed by atoms with E-state index >= 15 is 0 Å². The summed E-state index contributed by atoms with van der Waals surface area (Å²) in [6.45, 7) is 6.15. The number of amides is 5. The Morgan fingerprint density at radius 2 is 1.59 bits per heavy atom. The van der Waals surface area contributed by atoms with Crippen molar-refractivity contribution >= 4 is 57.4 Å². The summed E-state index contributed by atoms with van der Waals surface area (Å²) in [4.78, 5) is 54.6. The van der Waals surface area contributed by atoms with Gasteiger partial charge in [0.05, 0.1) is 5.71 Å². The number of rotatable bonds is 4. The lowest BCUT2D eigenvalue weighted by Gasteiger charge is -2.33. The van der Waals surface area contributed by atoms with Crippen molar-refractivity contribution in [3.05, 3.63) is 87.3 Å². The number of halogens is 1. The third-order valence-corrected chi connectivity index (χ3v) is 9.10. The van der Waals surface area contributed by atoms with Crippen molar-refractivity contribution in [2.75, 3.05) is 38.6 Å². The van der Waals surface area contributed by atoms with Crippen LogP contribution in [0.5, 0.6) is 0 Å². The molecule has 3 aliphatic heterocycles. The summed E-state index contributed by atoms with van der Waals surface area (Å²) in [5.41, 5.74) is 7.81. The number of aryl methyl sites for hydroxylation is 1. The fourth-order valence-electron chi connectivity index (χ4n) is 4.89. The van der Waals surface area contributed by atoms with Crippen LogP contribution in [0.25, 0.3) is 0 Å². The first-order valence-electron chi connectivity index (χ1n) is 14.2. The topological polar surface area (TPSA) is 135 Å². The van der Waals surface area contributed by atoms with Gasteiger partial charge in [-0.1, -0.05) is 74.0 Å². The van der Waals surface area contributed by atoms with E-state index in [2.05, 4.69) is 39.6 Å². The second-order valence-electron chi connectivity index (χ2n) is 10.2. The number of aliphatic imine (C=N–C) groups is 1. The number of hydrazine groups is 2. The van der Waals surface area contributed by atoms with E-state index in [4.69, 9.17) is 11.6 Å². The summed E-state index contributed by atoms with van der Waals surface area (Å²) in [6, 6.07) is 17.7. The zero-order valence-electron chi connectivity index (χ0n) is 25.1. The van der Waals surface area contributed by atoms with Gasteiger partial charge in [0.2, 0.25) is 17.7 Å². The maximum absolute atomic E-state index is 12.1. The molecule has 0 saturated carbocycles. The van der Waals surface area contributed by atoms with Crippen LogP contribution in [-0.4, -0.2) is 68.2 Å². The van der Waals surface area contributed by atoms with E-state index in [9.17, 15) is 19.2 Å². The van der Waals surface area contributed by atoms with Gasteiger partial charge < -0.3 is 4.90 Å². The average Bonchev–Trinajstić information content (AvgIpc) is 3.66. The van der Waals surface area contributed by atoms with E-state index in [-0.39, 0.29) is 12.5 Å². The minimum absolute atomic E-state index is 0.00260. The average molecular weight is 638 g/mol. The molecule has 6 rings (SSSR count). The quantitative estimate of drug-likeness (QED) is 0.322. The van der Waals surface area contributed by atoms with Crippen LogP contribution in [0, 0.1) is 0 Å². The number of urea groups is 1. The highest BCUT2D eigenvalue weighted by atomic mass is 35.5. The zero-order chi connectivity index (χ0) is 31.9. The highest BCUT2D eigenvalue weighted by Crippen LogP contribution is 2.36. The van der Waals surface area contributed by atoms with Crippen LogP contribution in [0.15, 0.2) is 65.7 Å². The molecule has 0 spiro atoms. The molecule has 3 aromatic rings. The molecule has 2 fully saturated rings. The van der Waals surface area contributed by atoms with Crippen LogP contribution < -0.4 is 26.5 Å². The van der Waals surface area contributed by atoms with Crippen molar-refractivity contribution in [3.8, 4) is 0 Å². The molecule has 1 aromatic heterocycles. The van der Waals surface area contributed by atoms with Crippen molar-refractivity contribution in [3.63, 3.8) is 0 Å². The number of fused-ring (bicyclic) bond motifs is 1. The minimum Gasteiger partial charge on any atom is -0.305 e. The van der Waals surface area contributed by atoms with Crippen molar-refractivity contribution in [2.45, 2.75) is 32.1 Å². The van der Waals surface area contributed by atoms with Crippen LogP contribution >= 0.6 is 22.9 Å². The number of imide groups is 2. The van der Waals surface area contributed by atoms with Gasteiger partial charge >= 0.3 is 6.03 Å². The number of carbonyl (C=O) groups is 4. The van der Waals surface area contributed by atoms with Crippen molar-refractivity contribution < 1.29 is 19.2 Å². The van der Waals surface area contributed by atoms with Gasteiger partial charge in [-0.15, -0.1) is 11.3 Å². The number of barbiturate groups is 1. The van der Waals surface area contributed by atoms with E-state index in [1.165, 1.54) is 4.88 Å². The first-order chi connectivity index (χ1) is 21.1. The van der Waals surface area contributed by atoms with Crippen LogP contribution in [0.3, 0.4) is 0 Å². The van der Waals surface area contributed by atoms with E-state index in [0.29, 0.717) is 17.0 Å². The van der Waals surface area contributed by atoms with Crippen molar-refractivity contribution in [2.24, 2.45) is 4.99 Å². The number of thiophene rings is 1. The van der Waals surface area contributed by atoms with Gasteiger partial charge in [0.15, 0.2) is 5.41 Å². The molecule has 11 nitrogen and oxygen atoms in total. The number of nitrogens with one attached hydrogen (secondary N) is 4. The molecule has 4 N–H and O–H groups in total. The monoisotopic (exact) mass is 637 g/mol. The fourth-order valence-corrected chi connectivity index (χ4v) is 6.19. The Labute approximate surface area is 265 Å². The molecule has 0 radical (unpaired) electrons. The molecule has 0 bridgehead atoms. The van der Waals surface area contributed by atoms with Crippen molar-refractivity contribution in [1.29, 1.82) is 0 Å². The summed E-state index contributed by atoms with van der Waals surface area (Å²) in [5.74, 6) is -1.14. The summed E-state index contributed by atoms with van der Waals surface area (Å²) in [7, 11) is 3.81. The van der Waals surface area contributed by atoms with Gasteiger partial charge in [0.1, 0.15) is 11.5 Å². The molecule has 0 atom stereocenters. The molecule has 4 heterocycles. The summed E-state index contributed by atoms with van der Waals surface area (Å²) in [5, 5.41) is 7.89. The zero-order valence-corrected chi connectivity index (χ0v) is 26.6. The first-order valence-corrected chi connectivity index (χ1v) is 15.4. The second kappa shape index (κ2) is 14.7. The maximum Gasteiger partial charge on any atom is 0.328 e. The van der Waals surface area contributed by atoms with Gasteiger partial charge in [-0.25, -0.2) is 15.2 Å². The van der Waals surface area contributed by atoms with Crippen molar-refractivity contribution in [1.82, 2.24) is 26.6 Å². The lowest BCUT2D eigenvalue weighted by atomic mass is 9.75. The van der Waals surface area contributed by atoms with Crippen LogP contribution in [0.4, 0.5) is 9.80 Å². The largest absolute Gasteiger partial charge is 0.328 e. The Balaban J connectivity index is 0.000000172. The molecule has 5 amide bonds. The van der Waals surface area contributed by atoms with Gasteiger partial charge in [-0.2, -0.15) is 5.53 Å². The maximum atomic E-state index is 12.1. The Hall–Kier alpha value is -3.94. The summed E-state index contributed by atoms with van der Waals surface area (Å²) < 4.78 is 0. The number of likely N-dealkylation sites (N-methyl/N-ethyl adjacent to an activating group) is 2. The normalized spacial score (nSPS) is 17.7. The van der Waals surface area contributed by atoms with Gasteiger partial charge in [-0.05, 0) is 30.5 Å². The Morgan fingerprint density at radius 3 is 2.14 bits per heavy atom. The third-order valence-electron chi connectivity index (χ3n) is 7.42. The molecule has 2 aromatic carbocycles. The number of hydrogen-bond donors (Lipinski definition) is 4. The molecule has 0 aliphatic carbocycles. The third kappa shape index (κ3) is 7.06. The second-order valence-corrected chi connectivity index (χ2v) is 11.7. The first kappa shape index (κ1) is 33.0. The van der Waals surface area contributed by atoms with Gasteiger partial charge in [0.25, 0.3) is 0 Å². The molecule has 44 heavy (non-hydrogen) atoms. The molecular formula is C31H36ClN7O4S. The number of benzene rings is 2. The van der Waals surface area contributed by atoms with E-state index in [0.717, 1.165) is 41.4 Å².